The van der Waals surface area contributed by atoms with Crippen molar-refractivity contribution in [2.24, 2.45) is 0 Å². The van der Waals surface area contributed by atoms with Gasteiger partial charge in [-0.05, 0) is 36.1 Å². The second-order valence-corrected chi connectivity index (χ2v) is 5.33. The van der Waals surface area contributed by atoms with Crippen LogP contribution in [0.4, 0.5) is 4.39 Å². The summed E-state index contributed by atoms with van der Waals surface area (Å²) in [6, 6.07) is 4.44. The Kier molecular flexibility index (Phi) is 2.62. The molecule has 2 aromatic heterocycles. The molecule has 0 spiro atoms. The molecule has 0 saturated heterocycles. The van der Waals surface area contributed by atoms with Gasteiger partial charge in [-0.3, -0.25) is 4.57 Å². The third-order valence-electron chi connectivity index (χ3n) is 3.73. The van der Waals surface area contributed by atoms with Gasteiger partial charge in [0, 0.05) is 24.9 Å². The Morgan fingerprint density at radius 2 is 2.19 bits per heavy atom. The van der Waals surface area contributed by atoms with Crippen LogP contribution in [0.15, 0.2) is 29.2 Å². The van der Waals surface area contributed by atoms with Crippen LogP contribution >= 0.6 is 11.6 Å². The number of benzene rings is 1. The molecule has 5 nitrogen and oxygen atoms in total. The summed E-state index contributed by atoms with van der Waals surface area (Å²) < 4.78 is 16.9. The fraction of sp³-hybridized carbons (Fsp3) is 0.214. The molecule has 0 amide bonds. The lowest BCUT2D eigenvalue weighted by Crippen LogP contribution is -2.25. The molecule has 1 aliphatic rings. The number of rotatable bonds is 1. The van der Waals surface area contributed by atoms with Crippen LogP contribution < -0.4 is 5.69 Å². The average Bonchev–Trinajstić information content (AvgIpc) is 2.73. The van der Waals surface area contributed by atoms with Crippen LogP contribution in [0.3, 0.4) is 0 Å². The topological polar surface area (TPSA) is 52.7 Å². The summed E-state index contributed by atoms with van der Waals surface area (Å²) in [5.74, 6) is -0.00680. The minimum absolute atomic E-state index is 0.0480. The number of imidazole rings is 1. The van der Waals surface area contributed by atoms with Gasteiger partial charge in [0.05, 0.1) is 11.0 Å². The van der Waals surface area contributed by atoms with E-state index in [1.165, 1.54) is 22.9 Å². The van der Waals surface area contributed by atoms with Gasteiger partial charge >= 0.3 is 5.69 Å². The van der Waals surface area contributed by atoms with Crippen molar-refractivity contribution in [3.8, 4) is 5.82 Å². The van der Waals surface area contributed by atoms with Gasteiger partial charge in [0.2, 0.25) is 5.28 Å². The molecule has 3 heterocycles. The highest BCUT2D eigenvalue weighted by molar-refractivity contribution is 6.28. The molecule has 1 aromatic carbocycles. The van der Waals surface area contributed by atoms with Crippen molar-refractivity contribution in [1.82, 2.24) is 19.1 Å². The van der Waals surface area contributed by atoms with Crippen LogP contribution in [-0.4, -0.2) is 19.1 Å². The first kappa shape index (κ1) is 12.5. The summed E-state index contributed by atoms with van der Waals surface area (Å²) in [6.07, 6.45) is 3.06. The predicted octanol–water partition coefficient (Wildman–Crippen LogP) is 2.32. The molecule has 0 bridgehead atoms. The summed E-state index contributed by atoms with van der Waals surface area (Å²) >= 11 is 5.80. The zero-order chi connectivity index (χ0) is 14.6. The first-order valence-corrected chi connectivity index (χ1v) is 6.95. The maximum atomic E-state index is 13.8. The van der Waals surface area contributed by atoms with Gasteiger partial charge < -0.3 is 0 Å². The quantitative estimate of drug-likeness (QED) is 0.648. The van der Waals surface area contributed by atoms with Crippen molar-refractivity contribution < 1.29 is 4.39 Å². The fourth-order valence-electron chi connectivity index (χ4n) is 2.94. The minimum atomic E-state index is -0.356. The van der Waals surface area contributed by atoms with E-state index in [2.05, 4.69) is 9.97 Å². The summed E-state index contributed by atoms with van der Waals surface area (Å²) in [5, 5.41) is 0.0480. The molecule has 21 heavy (non-hydrogen) atoms. The van der Waals surface area contributed by atoms with Gasteiger partial charge in [0.1, 0.15) is 11.6 Å². The zero-order valence-electron chi connectivity index (χ0n) is 10.9. The Morgan fingerprint density at radius 1 is 1.33 bits per heavy atom. The molecule has 0 aliphatic carbocycles. The van der Waals surface area contributed by atoms with Crippen LogP contribution in [0.5, 0.6) is 0 Å². The first-order valence-electron chi connectivity index (χ1n) is 6.58. The molecule has 4 rings (SSSR count). The number of aromatic nitrogens is 4. The zero-order valence-corrected chi connectivity index (χ0v) is 11.6. The molecule has 0 unspecified atom stereocenters. The second kappa shape index (κ2) is 4.39. The lowest BCUT2D eigenvalue weighted by molar-refractivity contribution is 0.599. The van der Waals surface area contributed by atoms with E-state index in [9.17, 15) is 9.18 Å². The van der Waals surface area contributed by atoms with Crippen molar-refractivity contribution in [3.05, 3.63) is 51.5 Å². The van der Waals surface area contributed by atoms with Gasteiger partial charge in [0.15, 0.2) is 0 Å². The van der Waals surface area contributed by atoms with E-state index in [4.69, 9.17) is 11.6 Å². The Labute approximate surface area is 123 Å². The van der Waals surface area contributed by atoms with Gasteiger partial charge in [-0.1, -0.05) is 0 Å². The second-order valence-electron chi connectivity index (χ2n) is 4.99. The fourth-order valence-corrected chi connectivity index (χ4v) is 3.08. The SMILES string of the molecule is O=c1n2c3c(cc(F)cc3n1-c1ccnc(Cl)n1)CCC2. The molecule has 106 valence electrons. The van der Waals surface area contributed by atoms with Crippen LogP contribution in [0.2, 0.25) is 5.28 Å². The normalized spacial score (nSPS) is 13.8. The number of aryl methyl sites for hydroxylation is 2. The van der Waals surface area contributed by atoms with Gasteiger partial charge in [-0.2, -0.15) is 4.98 Å². The molecule has 0 saturated carbocycles. The van der Waals surface area contributed by atoms with Crippen molar-refractivity contribution in [1.29, 1.82) is 0 Å². The predicted molar refractivity (Wildman–Crippen MR) is 76.4 cm³/mol. The van der Waals surface area contributed by atoms with Gasteiger partial charge in [0.25, 0.3) is 0 Å². The maximum Gasteiger partial charge on any atom is 0.334 e. The lowest BCUT2D eigenvalue weighted by atomic mass is 10.0. The van der Waals surface area contributed by atoms with E-state index in [1.54, 1.807) is 10.6 Å². The lowest BCUT2D eigenvalue weighted by Gasteiger charge is -2.13. The monoisotopic (exact) mass is 304 g/mol. The minimum Gasteiger partial charge on any atom is -0.291 e. The van der Waals surface area contributed by atoms with Gasteiger partial charge in [-0.15, -0.1) is 0 Å². The highest BCUT2D eigenvalue weighted by atomic mass is 35.5. The van der Waals surface area contributed by atoms with E-state index < -0.39 is 0 Å². The molecule has 0 radical (unpaired) electrons. The summed E-state index contributed by atoms with van der Waals surface area (Å²) in [4.78, 5) is 20.5. The largest absolute Gasteiger partial charge is 0.334 e. The van der Waals surface area contributed by atoms with Crippen molar-refractivity contribution in [2.75, 3.05) is 0 Å². The Bertz CT molecular complexity index is 931. The summed E-state index contributed by atoms with van der Waals surface area (Å²) in [6.45, 7) is 0.625. The molecular formula is C14H10ClFN4O. The highest BCUT2D eigenvalue weighted by Gasteiger charge is 2.22. The van der Waals surface area contributed by atoms with E-state index in [0.717, 1.165) is 23.9 Å². The van der Waals surface area contributed by atoms with Crippen LogP contribution in [0, 0.1) is 5.82 Å². The van der Waals surface area contributed by atoms with Crippen molar-refractivity contribution in [2.45, 2.75) is 19.4 Å². The van der Waals surface area contributed by atoms with Gasteiger partial charge in [-0.25, -0.2) is 18.7 Å². The Balaban J connectivity index is 2.16. The Morgan fingerprint density at radius 3 is 3.00 bits per heavy atom. The molecule has 1 aliphatic heterocycles. The highest BCUT2D eigenvalue weighted by Crippen LogP contribution is 2.26. The smallest absolute Gasteiger partial charge is 0.291 e. The third kappa shape index (κ3) is 1.79. The van der Waals surface area contributed by atoms with Crippen LogP contribution in [-0.2, 0) is 13.0 Å². The standard InChI is InChI=1S/C14H10ClFN4O/c15-13-17-4-3-11(18-13)20-10-7-9(16)6-8-2-1-5-19(12(8)10)14(20)21/h3-4,6-7H,1-2,5H2. The third-order valence-corrected chi connectivity index (χ3v) is 3.92. The number of halogens is 2. The molecule has 0 fully saturated rings. The van der Waals surface area contributed by atoms with Crippen molar-refractivity contribution >= 4 is 22.6 Å². The first-order chi connectivity index (χ1) is 10.1. The average molecular weight is 305 g/mol. The number of hydrogen-bond acceptors (Lipinski definition) is 3. The number of hydrogen-bond donors (Lipinski definition) is 0. The van der Waals surface area contributed by atoms with Crippen LogP contribution in [0.25, 0.3) is 16.9 Å². The maximum absolute atomic E-state index is 13.8. The van der Waals surface area contributed by atoms with E-state index >= 15 is 0 Å². The molecular weight excluding hydrogens is 295 g/mol. The van der Waals surface area contributed by atoms with E-state index in [1.807, 2.05) is 0 Å². The van der Waals surface area contributed by atoms with Crippen LogP contribution in [0.1, 0.15) is 12.0 Å². The van der Waals surface area contributed by atoms with Crippen molar-refractivity contribution in [3.63, 3.8) is 0 Å². The molecule has 7 heteroatoms. The number of nitrogens with zero attached hydrogens (tertiary/aromatic N) is 4. The molecule has 3 aromatic rings. The molecule has 0 N–H and O–H groups in total. The Hall–Kier alpha value is -2.21. The summed E-state index contributed by atoms with van der Waals surface area (Å²) in [7, 11) is 0. The van der Waals surface area contributed by atoms with E-state index in [0.29, 0.717) is 17.9 Å². The summed E-state index contributed by atoms with van der Waals surface area (Å²) in [5.41, 5.74) is 1.92. The molecule has 0 atom stereocenters. The van der Waals surface area contributed by atoms with E-state index in [-0.39, 0.29) is 16.8 Å².